The van der Waals surface area contributed by atoms with Gasteiger partial charge < -0.3 is 4.90 Å². The van der Waals surface area contributed by atoms with Crippen LogP contribution in [0.5, 0.6) is 0 Å². The summed E-state index contributed by atoms with van der Waals surface area (Å²) in [7, 11) is 0. The second-order valence-electron chi connectivity index (χ2n) is 4.96. The fraction of sp³-hybridized carbons (Fsp3) is 0.400. The summed E-state index contributed by atoms with van der Waals surface area (Å²) in [6, 6.07) is 6.55. The molecular formula is C15H18FNO. The Kier molecular flexibility index (Phi) is 3.80. The predicted octanol–water partition coefficient (Wildman–Crippen LogP) is 3.46. The molecular weight excluding hydrogens is 229 g/mol. The van der Waals surface area contributed by atoms with Crippen molar-refractivity contribution in [3.8, 4) is 0 Å². The van der Waals surface area contributed by atoms with Crippen LogP contribution in [0.15, 0.2) is 35.9 Å². The number of hydrogen-bond donors (Lipinski definition) is 0. The minimum Gasteiger partial charge on any atom is -0.332 e. The summed E-state index contributed by atoms with van der Waals surface area (Å²) in [5, 5.41) is 0. The van der Waals surface area contributed by atoms with E-state index in [9.17, 15) is 9.18 Å². The molecule has 1 saturated heterocycles. The van der Waals surface area contributed by atoms with Crippen molar-refractivity contribution in [2.45, 2.75) is 32.7 Å². The summed E-state index contributed by atoms with van der Waals surface area (Å²) < 4.78 is 12.9. The van der Waals surface area contributed by atoms with Crippen LogP contribution in [-0.4, -0.2) is 17.4 Å². The van der Waals surface area contributed by atoms with Gasteiger partial charge in [0.05, 0.1) is 6.04 Å². The SMILES string of the molecule is CC(C)=CC(=O)N1CCCC1c1ccc(F)cc1. The first-order valence-corrected chi connectivity index (χ1v) is 6.29. The van der Waals surface area contributed by atoms with Crippen molar-refractivity contribution in [1.29, 1.82) is 0 Å². The fourth-order valence-electron chi connectivity index (χ4n) is 2.39. The van der Waals surface area contributed by atoms with Crippen LogP contribution in [0.3, 0.4) is 0 Å². The number of carbonyl (C=O) groups excluding carboxylic acids is 1. The zero-order valence-electron chi connectivity index (χ0n) is 10.8. The largest absolute Gasteiger partial charge is 0.332 e. The minimum absolute atomic E-state index is 0.0572. The lowest BCUT2D eigenvalue weighted by molar-refractivity contribution is -0.126. The van der Waals surface area contributed by atoms with Gasteiger partial charge >= 0.3 is 0 Å². The molecule has 1 fully saturated rings. The van der Waals surface area contributed by atoms with Gasteiger partial charge in [-0.05, 0) is 44.4 Å². The quantitative estimate of drug-likeness (QED) is 0.733. The highest BCUT2D eigenvalue weighted by molar-refractivity contribution is 5.88. The predicted molar refractivity (Wildman–Crippen MR) is 69.5 cm³/mol. The highest BCUT2D eigenvalue weighted by Gasteiger charge is 2.28. The summed E-state index contributed by atoms with van der Waals surface area (Å²) in [5.41, 5.74) is 2.02. The van der Waals surface area contributed by atoms with Gasteiger partial charge in [-0.3, -0.25) is 4.79 Å². The second-order valence-corrected chi connectivity index (χ2v) is 4.96. The molecule has 1 aliphatic rings. The molecule has 1 aromatic carbocycles. The summed E-state index contributed by atoms with van der Waals surface area (Å²) in [5.74, 6) is -0.180. The Hall–Kier alpha value is -1.64. The Morgan fingerprint density at radius 3 is 2.61 bits per heavy atom. The number of carbonyl (C=O) groups is 1. The van der Waals surface area contributed by atoms with Gasteiger partial charge in [0.1, 0.15) is 5.82 Å². The number of halogens is 1. The second kappa shape index (κ2) is 5.34. The van der Waals surface area contributed by atoms with Gasteiger partial charge in [-0.1, -0.05) is 17.7 Å². The molecule has 0 N–H and O–H groups in total. The third-order valence-corrected chi connectivity index (χ3v) is 3.20. The smallest absolute Gasteiger partial charge is 0.246 e. The molecule has 1 aliphatic heterocycles. The zero-order chi connectivity index (χ0) is 13.1. The lowest BCUT2D eigenvalue weighted by Crippen LogP contribution is -2.29. The molecule has 0 spiro atoms. The number of hydrogen-bond acceptors (Lipinski definition) is 1. The maximum atomic E-state index is 12.9. The third-order valence-electron chi connectivity index (χ3n) is 3.20. The molecule has 0 bridgehead atoms. The molecule has 2 rings (SSSR count). The molecule has 1 unspecified atom stereocenters. The van der Waals surface area contributed by atoms with Crippen molar-refractivity contribution in [3.05, 3.63) is 47.3 Å². The van der Waals surface area contributed by atoms with Crippen molar-refractivity contribution in [2.24, 2.45) is 0 Å². The number of likely N-dealkylation sites (tertiary alicyclic amines) is 1. The van der Waals surface area contributed by atoms with E-state index in [2.05, 4.69) is 0 Å². The summed E-state index contributed by atoms with van der Waals surface area (Å²) >= 11 is 0. The zero-order valence-corrected chi connectivity index (χ0v) is 10.8. The first-order valence-electron chi connectivity index (χ1n) is 6.29. The topological polar surface area (TPSA) is 20.3 Å². The molecule has 3 heteroatoms. The average molecular weight is 247 g/mol. The lowest BCUT2D eigenvalue weighted by Gasteiger charge is -2.24. The minimum atomic E-state index is -0.237. The highest BCUT2D eigenvalue weighted by Crippen LogP contribution is 2.32. The average Bonchev–Trinajstić information content (AvgIpc) is 2.78. The van der Waals surface area contributed by atoms with Crippen LogP contribution in [0, 0.1) is 5.82 Å². The molecule has 1 aromatic rings. The molecule has 2 nitrogen and oxygen atoms in total. The summed E-state index contributed by atoms with van der Waals surface area (Å²) in [4.78, 5) is 14.0. The van der Waals surface area contributed by atoms with Gasteiger partial charge in [-0.25, -0.2) is 4.39 Å². The first kappa shape index (κ1) is 12.8. The number of benzene rings is 1. The Morgan fingerprint density at radius 1 is 1.33 bits per heavy atom. The molecule has 18 heavy (non-hydrogen) atoms. The maximum absolute atomic E-state index is 12.9. The number of nitrogens with zero attached hydrogens (tertiary/aromatic N) is 1. The van der Waals surface area contributed by atoms with Crippen LogP contribution in [0.2, 0.25) is 0 Å². The summed E-state index contributed by atoms with van der Waals surface area (Å²) in [6.45, 7) is 4.62. The van der Waals surface area contributed by atoms with Crippen LogP contribution < -0.4 is 0 Å². The van der Waals surface area contributed by atoms with Gasteiger partial charge in [-0.2, -0.15) is 0 Å². The van der Waals surface area contributed by atoms with Crippen LogP contribution in [-0.2, 0) is 4.79 Å². The molecule has 0 radical (unpaired) electrons. The Morgan fingerprint density at radius 2 is 2.00 bits per heavy atom. The van der Waals surface area contributed by atoms with E-state index in [-0.39, 0.29) is 17.8 Å². The van der Waals surface area contributed by atoms with Crippen LogP contribution >= 0.6 is 0 Å². The van der Waals surface area contributed by atoms with E-state index in [1.807, 2.05) is 18.7 Å². The third kappa shape index (κ3) is 2.78. The van der Waals surface area contributed by atoms with Crippen molar-refractivity contribution >= 4 is 5.91 Å². The summed E-state index contributed by atoms with van der Waals surface area (Å²) in [6.07, 6.45) is 3.63. The molecule has 1 heterocycles. The van der Waals surface area contributed by atoms with Crippen molar-refractivity contribution in [3.63, 3.8) is 0 Å². The van der Waals surface area contributed by atoms with E-state index >= 15 is 0 Å². The highest BCUT2D eigenvalue weighted by atomic mass is 19.1. The van der Waals surface area contributed by atoms with E-state index in [1.54, 1.807) is 18.2 Å². The standard InChI is InChI=1S/C15H18FNO/c1-11(2)10-15(18)17-9-3-4-14(17)12-5-7-13(16)8-6-12/h5-8,10,14H,3-4,9H2,1-2H3. The van der Waals surface area contributed by atoms with Gasteiger partial charge in [0.2, 0.25) is 5.91 Å². The molecule has 0 aromatic heterocycles. The van der Waals surface area contributed by atoms with Gasteiger partial charge in [0.25, 0.3) is 0 Å². The maximum Gasteiger partial charge on any atom is 0.246 e. The van der Waals surface area contributed by atoms with Gasteiger partial charge in [0.15, 0.2) is 0 Å². The monoisotopic (exact) mass is 247 g/mol. The van der Waals surface area contributed by atoms with E-state index in [0.29, 0.717) is 0 Å². The number of allylic oxidation sites excluding steroid dienone is 1. The normalized spacial score (nSPS) is 18.8. The fourth-order valence-corrected chi connectivity index (χ4v) is 2.39. The Bertz CT molecular complexity index is 460. The van der Waals surface area contributed by atoms with Gasteiger partial charge in [0, 0.05) is 12.6 Å². The molecule has 1 atom stereocenters. The molecule has 1 amide bonds. The van der Waals surface area contributed by atoms with E-state index in [0.717, 1.165) is 30.5 Å². The Labute approximate surface area is 107 Å². The van der Waals surface area contributed by atoms with E-state index < -0.39 is 0 Å². The van der Waals surface area contributed by atoms with E-state index in [4.69, 9.17) is 0 Å². The van der Waals surface area contributed by atoms with Crippen molar-refractivity contribution in [2.75, 3.05) is 6.54 Å². The number of amides is 1. The van der Waals surface area contributed by atoms with Crippen LogP contribution in [0.4, 0.5) is 4.39 Å². The molecule has 0 aliphatic carbocycles. The van der Waals surface area contributed by atoms with Crippen molar-refractivity contribution in [1.82, 2.24) is 4.90 Å². The van der Waals surface area contributed by atoms with Gasteiger partial charge in [-0.15, -0.1) is 0 Å². The first-order chi connectivity index (χ1) is 8.58. The van der Waals surface area contributed by atoms with Crippen LogP contribution in [0.1, 0.15) is 38.3 Å². The van der Waals surface area contributed by atoms with E-state index in [1.165, 1.54) is 12.1 Å². The molecule has 0 saturated carbocycles. The Balaban J connectivity index is 2.19. The van der Waals surface area contributed by atoms with Crippen LogP contribution in [0.25, 0.3) is 0 Å². The lowest BCUT2D eigenvalue weighted by atomic mass is 10.0. The van der Waals surface area contributed by atoms with Crippen molar-refractivity contribution < 1.29 is 9.18 Å². The number of rotatable bonds is 2. The molecule has 96 valence electrons.